The Balaban J connectivity index is 1.80. The van der Waals surface area contributed by atoms with Gasteiger partial charge in [0.25, 0.3) is 0 Å². The maximum atomic E-state index is 13.9. The molecule has 0 heterocycles. The Labute approximate surface area is 249 Å². The first kappa shape index (κ1) is 29.3. The standard InChI is InChI=1S/C38H40O4/c1-37(2,3)31-19-27-15-23-11-9-13-25(33(23)39)17-29-21-32(38(4,5)6)22-30(36(29)42-8)18-26-14-10-12-24(34(26)40)16-28(20-31)35(27)41-7/h9-15,18-22H,16-17H2,1-8H3/b23-15-,26-18?. The van der Waals surface area contributed by atoms with Crippen LogP contribution in [0.2, 0.25) is 0 Å². The van der Waals surface area contributed by atoms with E-state index in [1.54, 1.807) is 14.2 Å². The first-order valence-electron chi connectivity index (χ1n) is 14.5. The van der Waals surface area contributed by atoms with Gasteiger partial charge in [-0.15, -0.1) is 0 Å². The minimum Gasteiger partial charge on any atom is -0.496 e. The lowest BCUT2D eigenvalue weighted by Gasteiger charge is -2.25. The quantitative estimate of drug-likeness (QED) is 0.374. The second-order valence-electron chi connectivity index (χ2n) is 13.3. The molecule has 3 aliphatic carbocycles. The fourth-order valence-electron chi connectivity index (χ4n) is 5.73. The van der Waals surface area contributed by atoms with Crippen LogP contribution in [0.1, 0.15) is 74.9 Å². The molecule has 0 radical (unpaired) electrons. The van der Waals surface area contributed by atoms with Crippen molar-refractivity contribution in [2.24, 2.45) is 0 Å². The number of benzene rings is 2. The highest BCUT2D eigenvalue weighted by Crippen LogP contribution is 2.39. The molecular formula is C38H40O4. The number of allylic oxidation sites excluding steroid dienone is 10. The smallest absolute Gasteiger partial charge is 0.189 e. The van der Waals surface area contributed by atoms with Crippen LogP contribution < -0.4 is 9.47 Å². The predicted octanol–water partition coefficient (Wildman–Crippen LogP) is 8.00. The van der Waals surface area contributed by atoms with Crippen molar-refractivity contribution in [3.8, 4) is 11.5 Å². The lowest BCUT2D eigenvalue weighted by molar-refractivity contribution is -0.112. The van der Waals surface area contributed by atoms with Gasteiger partial charge in [-0.2, -0.15) is 0 Å². The largest absolute Gasteiger partial charge is 0.496 e. The number of ether oxygens (including phenoxy) is 2. The molecule has 0 atom stereocenters. The molecule has 216 valence electrons. The predicted molar refractivity (Wildman–Crippen MR) is 171 cm³/mol. The van der Waals surface area contributed by atoms with E-state index in [0.717, 1.165) is 33.4 Å². The normalized spacial score (nSPS) is 18.1. The van der Waals surface area contributed by atoms with E-state index in [0.29, 0.717) is 46.6 Å². The van der Waals surface area contributed by atoms with Crippen LogP contribution in [0.5, 0.6) is 11.5 Å². The summed E-state index contributed by atoms with van der Waals surface area (Å²) in [6.07, 6.45) is 16.0. The van der Waals surface area contributed by atoms with Crippen LogP contribution in [-0.4, -0.2) is 25.8 Å². The Morgan fingerprint density at radius 3 is 1.31 bits per heavy atom. The zero-order valence-corrected chi connectivity index (χ0v) is 26.0. The first-order valence-corrected chi connectivity index (χ1v) is 14.5. The van der Waals surface area contributed by atoms with Crippen LogP contribution in [0, 0.1) is 0 Å². The van der Waals surface area contributed by atoms with Crippen LogP contribution >= 0.6 is 0 Å². The maximum Gasteiger partial charge on any atom is 0.189 e. The number of rotatable bonds is 2. The number of hydrogen-bond donors (Lipinski definition) is 0. The molecule has 4 nitrogen and oxygen atoms in total. The van der Waals surface area contributed by atoms with E-state index in [2.05, 4.69) is 65.8 Å². The highest BCUT2D eigenvalue weighted by molar-refractivity contribution is 6.15. The van der Waals surface area contributed by atoms with Crippen molar-refractivity contribution in [1.82, 2.24) is 0 Å². The Hall–Kier alpha value is -4.18. The van der Waals surface area contributed by atoms with Crippen molar-refractivity contribution in [1.29, 1.82) is 0 Å². The van der Waals surface area contributed by atoms with Gasteiger partial charge < -0.3 is 9.47 Å². The molecule has 0 N–H and O–H groups in total. The Kier molecular flexibility index (Phi) is 7.61. The Morgan fingerprint density at radius 1 is 0.595 bits per heavy atom. The molecular weight excluding hydrogens is 520 g/mol. The van der Waals surface area contributed by atoms with Gasteiger partial charge in [-0.1, -0.05) is 90.1 Å². The summed E-state index contributed by atoms with van der Waals surface area (Å²) >= 11 is 0. The molecule has 0 aliphatic heterocycles. The molecule has 0 unspecified atom stereocenters. The van der Waals surface area contributed by atoms with E-state index in [4.69, 9.17) is 9.47 Å². The molecule has 2 aromatic rings. The van der Waals surface area contributed by atoms with E-state index in [-0.39, 0.29) is 22.4 Å². The molecule has 0 aromatic heterocycles. The summed E-state index contributed by atoms with van der Waals surface area (Å²) < 4.78 is 11.9. The number of hydrogen-bond acceptors (Lipinski definition) is 4. The van der Waals surface area contributed by atoms with Crippen LogP contribution in [0.4, 0.5) is 0 Å². The SMILES string of the molecule is COc1c2cc(C(C)(C)C)cc1CC1=CC=C/C(=C/c3cc(C(C)(C)C)cc(c3OC)CC3=CC=CC(=C2)C3=O)C1=O. The van der Waals surface area contributed by atoms with Crippen molar-refractivity contribution < 1.29 is 19.1 Å². The third-order valence-corrected chi connectivity index (χ3v) is 8.17. The number of fused-ring (bicyclic) bond motifs is 8. The number of ketones is 2. The molecule has 2 aromatic carbocycles. The van der Waals surface area contributed by atoms with Crippen LogP contribution in [-0.2, 0) is 33.3 Å². The molecule has 5 rings (SSSR count). The van der Waals surface area contributed by atoms with E-state index in [1.807, 2.05) is 48.6 Å². The van der Waals surface area contributed by atoms with Gasteiger partial charge in [0, 0.05) is 46.3 Å². The monoisotopic (exact) mass is 560 g/mol. The van der Waals surface area contributed by atoms with Gasteiger partial charge >= 0.3 is 0 Å². The molecule has 4 heteroatoms. The third kappa shape index (κ3) is 5.63. The van der Waals surface area contributed by atoms with E-state index in [9.17, 15) is 9.59 Å². The lowest BCUT2D eigenvalue weighted by Crippen LogP contribution is -2.16. The zero-order valence-electron chi connectivity index (χ0n) is 26.0. The summed E-state index contributed by atoms with van der Waals surface area (Å²) in [5.74, 6) is 1.32. The molecule has 0 amide bonds. The summed E-state index contributed by atoms with van der Waals surface area (Å²) in [4.78, 5) is 27.9. The highest BCUT2D eigenvalue weighted by Gasteiger charge is 2.27. The van der Waals surface area contributed by atoms with Crippen LogP contribution in [0.25, 0.3) is 12.2 Å². The fraction of sp³-hybridized carbons (Fsp3) is 0.316. The summed E-state index contributed by atoms with van der Waals surface area (Å²) in [7, 11) is 3.29. The number of methoxy groups -OCH3 is 2. The highest BCUT2D eigenvalue weighted by atomic mass is 16.5. The van der Waals surface area contributed by atoms with Crippen LogP contribution in [0.3, 0.4) is 0 Å². The van der Waals surface area contributed by atoms with Gasteiger partial charge in [-0.3, -0.25) is 9.59 Å². The van der Waals surface area contributed by atoms with E-state index < -0.39 is 0 Å². The van der Waals surface area contributed by atoms with E-state index >= 15 is 0 Å². The van der Waals surface area contributed by atoms with Gasteiger partial charge in [-0.05, 0) is 57.4 Å². The number of Topliss-reactive ketones (excluding diaryl/α,β-unsaturated/α-hetero) is 2. The van der Waals surface area contributed by atoms with Crippen LogP contribution in [0.15, 0.2) is 83.0 Å². The van der Waals surface area contributed by atoms with Gasteiger partial charge in [0.15, 0.2) is 11.6 Å². The topological polar surface area (TPSA) is 52.6 Å². The van der Waals surface area contributed by atoms with Gasteiger partial charge in [0.1, 0.15) is 11.5 Å². The first-order chi connectivity index (χ1) is 19.8. The molecule has 42 heavy (non-hydrogen) atoms. The lowest BCUT2D eigenvalue weighted by atomic mass is 9.81. The van der Waals surface area contributed by atoms with Crippen molar-refractivity contribution in [3.63, 3.8) is 0 Å². The summed E-state index contributed by atoms with van der Waals surface area (Å²) in [5, 5.41) is 0. The fourth-order valence-corrected chi connectivity index (χ4v) is 5.73. The van der Waals surface area contributed by atoms with Crippen molar-refractivity contribution in [2.75, 3.05) is 14.2 Å². The third-order valence-electron chi connectivity index (χ3n) is 8.17. The zero-order chi connectivity index (χ0) is 30.4. The maximum absolute atomic E-state index is 13.9. The Morgan fingerprint density at radius 2 is 0.976 bits per heavy atom. The molecule has 0 saturated heterocycles. The van der Waals surface area contributed by atoms with Crippen molar-refractivity contribution in [3.05, 3.63) is 116 Å². The average molecular weight is 561 g/mol. The van der Waals surface area contributed by atoms with Gasteiger partial charge in [-0.25, -0.2) is 0 Å². The average Bonchev–Trinajstić information content (AvgIpc) is 2.91. The second-order valence-corrected chi connectivity index (χ2v) is 13.3. The number of carbonyl (C=O) groups is 2. The van der Waals surface area contributed by atoms with Gasteiger partial charge in [0.2, 0.25) is 0 Å². The molecule has 0 saturated carbocycles. The molecule has 0 spiro atoms. The summed E-state index contributed by atoms with van der Waals surface area (Å²) in [6, 6.07) is 8.46. The molecule has 8 bridgehead atoms. The van der Waals surface area contributed by atoms with Gasteiger partial charge in [0.05, 0.1) is 14.2 Å². The Bertz CT molecular complexity index is 1550. The second kappa shape index (κ2) is 10.9. The summed E-state index contributed by atoms with van der Waals surface area (Å²) in [6.45, 7) is 13.0. The minimum atomic E-state index is -0.146. The van der Waals surface area contributed by atoms with E-state index in [1.165, 1.54) is 0 Å². The molecule has 3 aliphatic rings. The minimum absolute atomic E-state index is 0.0184. The van der Waals surface area contributed by atoms with Crippen molar-refractivity contribution >= 4 is 23.7 Å². The summed E-state index contributed by atoms with van der Waals surface area (Å²) in [5.41, 5.74) is 7.96. The van der Waals surface area contributed by atoms with Crippen molar-refractivity contribution in [2.45, 2.75) is 65.2 Å². The molecule has 0 fully saturated rings. The number of carbonyl (C=O) groups excluding carboxylic acids is 2.